The Morgan fingerprint density at radius 2 is 1.75 bits per heavy atom. The van der Waals surface area contributed by atoms with E-state index >= 15 is 0 Å². The average Bonchev–Trinajstić information content (AvgIpc) is 3.18. The molecule has 0 radical (unpaired) electrons. The monoisotopic (exact) mass is 507 g/mol. The molecule has 0 unspecified atom stereocenters. The molecule has 2 rings (SSSR count). The van der Waals surface area contributed by atoms with Crippen molar-refractivity contribution >= 4 is 23.9 Å². The molecule has 4 atom stereocenters. The zero-order valence-corrected chi connectivity index (χ0v) is 21.7. The number of hydrogen-bond acceptors (Lipinski definition) is 7. The molecular formula is C25H37N3O8. The molecule has 200 valence electrons. The maximum atomic E-state index is 13.6. The van der Waals surface area contributed by atoms with Crippen LogP contribution in [-0.4, -0.2) is 82.0 Å². The average molecular weight is 508 g/mol. The molecule has 1 saturated heterocycles. The molecule has 11 nitrogen and oxygen atoms in total. The fraction of sp³-hybridized carbons (Fsp3) is 0.600. The van der Waals surface area contributed by atoms with E-state index in [4.69, 9.17) is 9.47 Å². The van der Waals surface area contributed by atoms with Crippen LogP contribution in [0.3, 0.4) is 0 Å². The minimum atomic E-state index is -1.41. The summed E-state index contributed by atoms with van der Waals surface area (Å²) in [5, 5.41) is 24.9. The number of benzene rings is 1. The summed E-state index contributed by atoms with van der Waals surface area (Å²) in [5.74, 6) is -1.89. The largest absolute Gasteiger partial charge is 0.497 e. The number of aliphatic carboxylic acids is 1. The smallest absolute Gasteiger partial charge is 0.408 e. The summed E-state index contributed by atoms with van der Waals surface area (Å²) in [5.41, 5.74) is -1.54. The molecule has 4 N–H and O–H groups in total. The van der Waals surface area contributed by atoms with Crippen LogP contribution in [0.5, 0.6) is 5.75 Å². The Balaban J connectivity index is 2.31. The molecule has 1 aromatic carbocycles. The van der Waals surface area contributed by atoms with Gasteiger partial charge in [0.15, 0.2) is 0 Å². The predicted molar refractivity (Wildman–Crippen MR) is 130 cm³/mol. The van der Waals surface area contributed by atoms with Gasteiger partial charge in [0, 0.05) is 13.0 Å². The fourth-order valence-corrected chi connectivity index (χ4v) is 4.03. The number of carboxylic acid groups (broad SMARTS) is 1. The first-order valence-electron chi connectivity index (χ1n) is 11.8. The Bertz CT molecular complexity index is 957. The van der Waals surface area contributed by atoms with Crippen molar-refractivity contribution in [1.82, 2.24) is 15.5 Å². The molecule has 1 aromatic rings. The highest BCUT2D eigenvalue weighted by Gasteiger charge is 2.48. The van der Waals surface area contributed by atoms with Crippen molar-refractivity contribution in [2.24, 2.45) is 0 Å². The Morgan fingerprint density at radius 1 is 1.14 bits per heavy atom. The molecule has 0 spiro atoms. The van der Waals surface area contributed by atoms with Crippen LogP contribution in [0.25, 0.3) is 0 Å². The minimum Gasteiger partial charge on any atom is -0.497 e. The molecule has 11 heteroatoms. The van der Waals surface area contributed by atoms with E-state index in [1.807, 2.05) is 0 Å². The van der Waals surface area contributed by atoms with Crippen LogP contribution in [-0.2, 0) is 25.5 Å². The number of aliphatic hydroxyl groups is 1. The summed E-state index contributed by atoms with van der Waals surface area (Å²) in [7, 11) is 1.52. The molecule has 0 aromatic heterocycles. The van der Waals surface area contributed by atoms with Gasteiger partial charge in [-0.1, -0.05) is 12.1 Å². The number of aliphatic hydroxyl groups excluding tert-OH is 1. The van der Waals surface area contributed by atoms with Crippen molar-refractivity contribution in [3.05, 3.63) is 29.8 Å². The van der Waals surface area contributed by atoms with Crippen LogP contribution < -0.4 is 15.4 Å². The standard InChI is InChI=1S/C25H37N3O8/c1-15(29)19(27-23(34)36-24(2,3)4)20(30)26-18(14-16-8-10-17(35-6)11-9-16)21(31)28-13-7-12-25(28,5)22(32)33/h8-11,15,18-19,29H,7,12-14H2,1-6H3,(H,26,30)(H,27,34)(H,32,33)/t15-,18+,19+,25+/m1/s1. The van der Waals surface area contributed by atoms with Crippen molar-refractivity contribution < 1.29 is 38.9 Å². The first kappa shape index (κ1) is 28.9. The van der Waals surface area contributed by atoms with E-state index in [-0.39, 0.29) is 19.4 Å². The van der Waals surface area contributed by atoms with Crippen molar-refractivity contribution in [1.29, 1.82) is 0 Å². The highest BCUT2D eigenvalue weighted by molar-refractivity contribution is 5.94. The molecule has 1 aliphatic rings. The van der Waals surface area contributed by atoms with Crippen LogP contribution >= 0.6 is 0 Å². The van der Waals surface area contributed by atoms with Gasteiger partial charge in [0.2, 0.25) is 11.8 Å². The summed E-state index contributed by atoms with van der Waals surface area (Å²) in [6, 6.07) is 4.32. The van der Waals surface area contributed by atoms with E-state index in [0.717, 1.165) is 0 Å². The van der Waals surface area contributed by atoms with E-state index in [1.165, 1.54) is 25.9 Å². The van der Waals surface area contributed by atoms with E-state index in [2.05, 4.69) is 10.6 Å². The first-order valence-corrected chi connectivity index (χ1v) is 11.8. The number of likely N-dealkylation sites (tertiary alicyclic amines) is 1. The minimum absolute atomic E-state index is 0.0553. The number of ether oxygens (including phenoxy) is 2. The van der Waals surface area contributed by atoms with Crippen LogP contribution in [0.1, 0.15) is 53.0 Å². The quantitative estimate of drug-likeness (QED) is 0.392. The van der Waals surface area contributed by atoms with E-state index in [1.54, 1.807) is 45.0 Å². The van der Waals surface area contributed by atoms with Gasteiger partial charge in [0.05, 0.1) is 13.2 Å². The number of nitrogens with one attached hydrogen (secondary N) is 2. The van der Waals surface area contributed by atoms with Crippen molar-refractivity contribution in [2.75, 3.05) is 13.7 Å². The lowest BCUT2D eigenvalue weighted by molar-refractivity contribution is -0.156. The van der Waals surface area contributed by atoms with Crippen molar-refractivity contribution in [3.8, 4) is 5.75 Å². The highest BCUT2D eigenvalue weighted by atomic mass is 16.6. The third-order valence-electron chi connectivity index (χ3n) is 6.02. The number of carbonyl (C=O) groups excluding carboxylic acids is 3. The number of alkyl carbamates (subject to hydrolysis) is 1. The summed E-state index contributed by atoms with van der Waals surface area (Å²) in [6.45, 7) is 8.00. The number of methoxy groups -OCH3 is 1. The maximum Gasteiger partial charge on any atom is 0.408 e. The number of carbonyl (C=O) groups is 4. The second-order valence-electron chi connectivity index (χ2n) is 10.2. The molecule has 3 amide bonds. The molecule has 0 aliphatic carbocycles. The Kier molecular flexibility index (Phi) is 9.31. The number of hydrogen-bond donors (Lipinski definition) is 4. The number of amides is 3. The van der Waals surface area contributed by atoms with Gasteiger partial charge >= 0.3 is 12.1 Å². The van der Waals surface area contributed by atoms with Crippen LogP contribution in [0.15, 0.2) is 24.3 Å². The lowest BCUT2D eigenvalue weighted by Gasteiger charge is -2.35. The van der Waals surface area contributed by atoms with Gasteiger partial charge in [0.25, 0.3) is 0 Å². The third kappa shape index (κ3) is 7.33. The number of rotatable bonds is 9. The third-order valence-corrected chi connectivity index (χ3v) is 6.02. The van der Waals surface area contributed by atoms with Gasteiger partial charge in [-0.05, 0) is 65.2 Å². The molecule has 1 heterocycles. The lowest BCUT2D eigenvalue weighted by atomic mass is 9.97. The van der Waals surface area contributed by atoms with Gasteiger partial charge in [-0.25, -0.2) is 9.59 Å². The summed E-state index contributed by atoms with van der Waals surface area (Å²) in [6.07, 6.45) is -1.35. The number of carboxylic acids is 1. The zero-order valence-electron chi connectivity index (χ0n) is 21.7. The normalized spacial score (nSPS) is 20.1. The van der Waals surface area contributed by atoms with E-state index < -0.39 is 53.2 Å². The molecule has 1 aliphatic heterocycles. The Morgan fingerprint density at radius 3 is 2.25 bits per heavy atom. The molecule has 1 fully saturated rings. The van der Waals surface area contributed by atoms with Crippen molar-refractivity contribution in [2.45, 2.75) is 83.2 Å². The van der Waals surface area contributed by atoms with E-state index in [0.29, 0.717) is 17.7 Å². The Labute approximate surface area is 211 Å². The maximum absolute atomic E-state index is 13.6. The highest BCUT2D eigenvalue weighted by Crippen LogP contribution is 2.30. The summed E-state index contributed by atoms with van der Waals surface area (Å²) in [4.78, 5) is 52.2. The van der Waals surface area contributed by atoms with Crippen LogP contribution in [0, 0.1) is 0 Å². The molecular weight excluding hydrogens is 470 g/mol. The SMILES string of the molecule is COc1ccc(C[C@H](NC(=O)[C@@H](NC(=O)OC(C)(C)C)[C@@H](C)O)C(=O)N2CCC[C@@]2(C)C(=O)O)cc1. The summed E-state index contributed by atoms with van der Waals surface area (Å²) >= 11 is 0. The lowest BCUT2D eigenvalue weighted by Crippen LogP contribution is -2.61. The molecule has 0 saturated carbocycles. The van der Waals surface area contributed by atoms with Gasteiger partial charge in [-0.2, -0.15) is 0 Å². The van der Waals surface area contributed by atoms with Crippen LogP contribution in [0.2, 0.25) is 0 Å². The molecule has 36 heavy (non-hydrogen) atoms. The second kappa shape index (κ2) is 11.6. The second-order valence-corrected chi connectivity index (χ2v) is 10.2. The van der Waals surface area contributed by atoms with Gasteiger partial charge < -0.3 is 35.2 Å². The van der Waals surface area contributed by atoms with Crippen molar-refractivity contribution in [3.63, 3.8) is 0 Å². The Hall–Kier alpha value is -3.34. The predicted octanol–water partition coefficient (Wildman–Crippen LogP) is 1.46. The fourth-order valence-electron chi connectivity index (χ4n) is 4.03. The summed E-state index contributed by atoms with van der Waals surface area (Å²) < 4.78 is 10.3. The van der Waals surface area contributed by atoms with E-state index in [9.17, 15) is 29.4 Å². The molecule has 0 bridgehead atoms. The van der Waals surface area contributed by atoms with Crippen LogP contribution in [0.4, 0.5) is 4.79 Å². The van der Waals surface area contributed by atoms with Gasteiger partial charge in [-0.15, -0.1) is 0 Å². The van der Waals surface area contributed by atoms with Gasteiger partial charge in [-0.3, -0.25) is 9.59 Å². The zero-order chi connectivity index (χ0) is 27.3. The topological polar surface area (TPSA) is 154 Å². The van der Waals surface area contributed by atoms with Gasteiger partial charge in [0.1, 0.15) is 29.0 Å². The first-order chi connectivity index (χ1) is 16.7. The number of nitrogens with zero attached hydrogens (tertiary/aromatic N) is 1.